The number of rotatable bonds is 6. The number of carbonyl (C=O) groups is 1. The maximum atomic E-state index is 13.8. The summed E-state index contributed by atoms with van der Waals surface area (Å²) in [5, 5.41) is 10.2. The van der Waals surface area contributed by atoms with Gasteiger partial charge in [0.15, 0.2) is 0 Å². The topological polar surface area (TPSA) is 37.3 Å². The third kappa shape index (κ3) is 3.87. The van der Waals surface area contributed by atoms with Gasteiger partial charge in [0, 0.05) is 12.3 Å². The number of carbonyl (C=O) groups excluding carboxylic acids is 1. The number of fused-ring (bicyclic) bond motifs is 5. The molecule has 0 spiro atoms. The molecule has 0 aromatic rings. The quantitative estimate of drug-likeness (QED) is 0.454. The molecule has 0 radical (unpaired) electrons. The molecule has 4 rings (SSSR count). The average Bonchev–Trinajstić information content (AvgIpc) is 3.04. The Morgan fingerprint density at radius 1 is 1.10 bits per heavy atom. The van der Waals surface area contributed by atoms with Crippen LogP contribution in [-0.2, 0) is 4.79 Å². The second-order valence-electron chi connectivity index (χ2n) is 12.9. The maximum absolute atomic E-state index is 13.8. The Bertz CT molecular complexity index is 708. The molecule has 3 saturated carbocycles. The smallest absolute Gasteiger partial charge is 0.141 e. The van der Waals surface area contributed by atoms with Crippen molar-refractivity contribution >= 4 is 5.78 Å². The van der Waals surface area contributed by atoms with Crippen molar-refractivity contribution in [3.63, 3.8) is 0 Å². The molecule has 0 aromatic carbocycles. The van der Waals surface area contributed by atoms with Gasteiger partial charge in [-0.1, -0.05) is 66.0 Å². The number of allylic oxidation sites excluding steroid dienone is 2. The number of Topliss-reactive ketones (excluding diaryl/α,β-unsaturated/α-hetero) is 1. The second-order valence-corrected chi connectivity index (χ2v) is 12.9. The molecule has 4 aliphatic carbocycles. The van der Waals surface area contributed by atoms with E-state index in [4.69, 9.17) is 0 Å². The van der Waals surface area contributed by atoms with Gasteiger partial charge in [0.1, 0.15) is 5.78 Å². The number of aliphatic hydroxyl groups excluding tert-OH is 1. The monoisotopic (exact) mass is 428 g/mol. The first-order chi connectivity index (χ1) is 14.6. The van der Waals surface area contributed by atoms with E-state index in [1.54, 1.807) is 0 Å². The first kappa shape index (κ1) is 23.5. The predicted molar refractivity (Wildman–Crippen MR) is 129 cm³/mol. The van der Waals surface area contributed by atoms with Gasteiger partial charge in [-0.05, 0) is 91.3 Å². The maximum Gasteiger partial charge on any atom is 0.141 e. The summed E-state index contributed by atoms with van der Waals surface area (Å²) >= 11 is 0. The van der Waals surface area contributed by atoms with Crippen LogP contribution in [0.25, 0.3) is 0 Å². The molecule has 0 aliphatic heterocycles. The Balaban J connectivity index is 1.54. The summed E-state index contributed by atoms with van der Waals surface area (Å²) in [4.78, 5) is 13.8. The Kier molecular flexibility index (Phi) is 6.54. The van der Waals surface area contributed by atoms with Gasteiger partial charge in [0.05, 0.1) is 6.10 Å². The highest BCUT2D eigenvalue weighted by Crippen LogP contribution is 2.66. The van der Waals surface area contributed by atoms with E-state index in [0.29, 0.717) is 29.5 Å². The Morgan fingerprint density at radius 3 is 2.52 bits per heavy atom. The molecule has 0 aromatic heterocycles. The minimum Gasteiger partial charge on any atom is -0.393 e. The van der Waals surface area contributed by atoms with Crippen molar-refractivity contribution in [3.05, 3.63) is 11.6 Å². The molecule has 2 heteroatoms. The first-order valence-corrected chi connectivity index (χ1v) is 13.5. The van der Waals surface area contributed by atoms with E-state index in [9.17, 15) is 9.90 Å². The van der Waals surface area contributed by atoms with E-state index in [2.05, 4.69) is 47.6 Å². The van der Waals surface area contributed by atoms with Gasteiger partial charge in [-0.2, -0.15) is 0 Å². The minimum atomic E-state index is -0.161. The molecule has 9 atom stereocenters. The molecule has 4 aliphatic rings. The van der Waals surface area contributed by atoms with E-state index in [0.717, 1.165) is 43.9 Å². The third-order valence-electron chi connectivity index (χ3n) is 11.0. The summed E-state index contributed by atoms with van der Waals surface area (Å²) in [7, 11) is 0. The van der Waals surface area contributed by atoms with Crippen LogP contribution in [0, 0.1) is 52.3 Å². The van der Waals surface area contributed by atoms with Crippen LogP contribution in [0.1, 0.15) is 106 Å². The summed E-state index contributed by atoms with van der Waals surface area (Å²) in [5.74, 6) is 4.77. The van der Waals surface area contributed by atoms with Crippen molar-refractivity contribution in [1.29, 1.82) is 0 Å². The SMILES string of the molecule is CC[C@H](CC[C@@H](C)[C@H]1CC[C@H]2C3=CCC4CC(O)CC[C@]4(C)[C@H]3C(=O)C[C@]12C)C(C)C. The molecule has 3 fully saturated rings. The van der Waals surface area contributed by atoms with E-state index < -0.39 is 0 Å². The summed E-state index contributed by atoms with van der Waals surface area (Å²) in [6.07, 6.45) is 13.5. The molecule has 2 nitrogen and oxygen atoms in total. The third-order valence-corrected chi connectivity index (χ3v) is 11.0. The number of ketones is 1. The van der Waals surface area contributed by atoms with E-state index in [-0.39, 0.29) is 22.9 Å². The fraction of sp³-hybridized carbons (Fsp3) is 0.897. The van der Waals surface area contributed by atoms with Crippen LogP contribution in [0.5, 0.6) is 0 Å². The van der Waals surface area contributed by atoms with Crippen molar-refractivity contribution in [2.24, 2.45) is 52.3 Å². The number of hydrogen-bond donors (Lipinski definition) is 1. The lowest BCUT2D eigenvalue weighted by atomic mass is 9.47. The van der Waals surface area contributed by atoms with Crippen molar-refractivity contribution in [2.75, 3.05) is 0 Å². The lowest BCUT2D eigenvalue weighted by Crippen LogP contribution is -2.53. The van der Waals surface area contributed by atoms with Crippen LogP contribution in [-0.4, -0.2) is 17.0 Å². The minimum absolute atomic E-state index is 0.0804. The van der Waals surface area contributed by atoms with Gasteiger partial charge >= 0.3 is 0 Å². The van der Waals surface area contributed by atoms with Crippen LogP contribution < -0.4 is 0 Å². The van der Waals surface area contributed by atoms with E-state index >= 15 is 0 Å². The highest BCUT2D eigenvalue weighted by molar-refractivity contribution is 5.87. The van der Waals surface area contributed by atoms with Gasteiger partial charge in [0.2, 0.25) is 0 Å². The van der Waals surface area contributed by atoms with Crippen molar-refractivity contribution in [3.8, 4) is 0 Å². The second kappa shape index (κ2) is 8.62. The lowest BCUT2D eigenvalue weighted by Gasteiger charge is -2.56. The Hall–Kier alpha value is -0.630. The normalized spacial score (nSPS) is 44.3. The van der Waals surface area contributed by atoms with E-state index in [1.807, 2.05) is 0 Å². The van der Waals surface area contributed by atoms with Crippen LogP contribution in [0.3, 0.4) is 0 Å². The van der Waals surface area contributed by atoms with Crippen LogP contribution >= 0.6 is 0 Å². The van der Waals surface area contributed by atoms with Crippen molar-refractivity contribution in [1.82, 2.24) is 0 Å². The van der Waals surface area contributed by atoms with Gasteiger partial charge in [-0.25, -0.2) is 0 Å². The van der Waals surface area contributed by atoms with E-state index in [1.165, 1.54) is 37.7 Å². The predicted octanol–water partition coefficient (Wildman–Crippen LogP) is 7.20. The zero-order valence-electron chi connectivity index (χ0n) is 21.1. The van der Waals surface area contributed by atoms with Crippen LogP contribution in [0.15, 0.2) is 11.6 Å². The van der Waals surface area contributed by atoms with Gasteiger partial charge < -0.3 is 5.11 Å². The number of aliphatic hydroxyl groups is 1. The molecule has 1 N–H and O–H groups in total. The zero-order valence-corrected chi connectivity index (χ0v) is 21.1. The summed E-state index contributed by atoms with van der Waals surface area (Å²) in [6.45, 7) is 14.4. The Labute approximate surface area is 191 Å². The molecule has 0 saturated heterocycles. The molecule has 31 heavy (non-hydrogen) atoms. The van der Waals surface area contributed by atoms with Crippen LogP contribution in [0.4, 0.5) is 0 Å². The van der Waals surface area contributed by atoms with Crippen molar-refractivity contribution in [2.45, 2.75) is 112 Å². The van der Waals surface area contributed by atoms with Crippen molar-refractivity contribution < 1.29 is 9.90 Å². The molecular weight excluding hydrogens is 380 g/mol. The standard InChI is InChI=1S/C29H48O2/c1-7-20(18(2)3)9-8-19(4)24-12-13-25-23-11-10-21-16-22(30)14-15-28(21,5)27(23)26(31)17-29(24,25)6/h11,18-22,24-25,27,30H,7-10,12-17H2,1-6H3/t19-,20-,21?,22?,24-,25+,27-,28+,29-/m1/s1. The average molecular weight is 429 g/mol. The summed E-state index contributed by atoms with van der Waals surface area (Å²) < 4.78 is 0. The highest BCUT2D eigenvalue weighted by Gasteiger charge is 2.61. The molecule has 2 unspecified atom stereocenters. The molecular formula is C29H48O2. The Morgan fingerprint density at radius 2 is 1.84 bits per heavy atom. The summed E-state index contributed by atoms with van der Waals surface area (Å²) in [6, 6.07) is 0. The largest absolute Gasteiger partial charge is 0.393 e. The fourth-order valence-electron chi connectivity index (χ4n) is 8.98. The molecule has 0 bridgehead atoms. The molecule has 0 heterocycles. The fourth-order valence-corrected chi connectivity index (χ4v) is 8.98. The molecule has 176 valence electrons. The van der Waals surface area contributed by atoms with Gasteiger partial charge in [0.25, 0.3) is 0 Å². The summed E-state index contributed by atoms with van der Waals surface area (Å²) in [5.41, 5.74) is 1.77. The number of hydrogen-bond acceptors (Lipinski definition) is 2. The highest BCUT2D eigenvalue weighted by atomic mass is 16.3. The lowest BCUT2D eigenvalue weighted by molar-refractivity contribution is -0.138. The first-order valence-electron chi connectivity index (χ1n) is 13.5. The van der Waals surface area contributed by atoms with Gasteiger partial charge in [-0.15, -0.1) is 0 Å². The molecule has 0 amide bonds. The van der Waals surface area contributed by atoms with Gasteiger partial charge in [-0.3, -0.25) is 4.79 Å². The van der Waals surface area contributed by atoms with Crippen LogP contribution in [0.2, 0.25) is 0 Å². The zero-order chi connectivity index (χ0) is 22.6.